The standard InChI is InChI=1S/C20H24N2O2/c1-3-4-14-24-19-12-10-18(11-13-19)16(2)21-22-20(23)15-17-8-6-5-7-9-17/h5-13H,3-4,14-15H2,1-2H3,(H,22,23)/b21-16+. The van der Waals surface area contributed by atoms with Crippen LogP contribution in [0.3, 0.4) is 0 Å². The van der Waals surface area contributed by atoms with Gasteiger partial charge in [-0.25, -0.2) is 5.43 Å². The highest BCUT2D eigenvalue weighted by Crippen LogP contribution is 2.13. The number of amides is 1. The molecule has 2 aromatic carbocycles. The number of hydrogen-bond donors (Lipinski definition) is 1. The van der Waals surface area contributed by atoms with Crippen LogP contribution in [0.1, 0.15) is 37.8 Å². The molecule has 24 heavy (non-hydrogen) atoms. The maximum atomic E-state index is 11.9. The van der Waals surface area contributed by atoms with Crippen LogP contribution >= 0.6 is 0 Å². The Labute approximate surface area is 143 Å². The predicted molar refractivity (Wildman–Crippen MR) is 97.3 cm³/mol. The van der Waals surface area contributed by atoms with Crippen molar-refractivity contribution in [1.29, 1.82) is 0 Å². The second kappa shape index (κ2) is 9.50. The third-order valence-electron chi connectivity index (χ3n) is 3.59. The molecule has 2 rings (SSSR count). The summed E-state index contributed by atoms with van der Waals surface area (Å²) in [5.74, 6) is 0.730. The molecule has 0 saturated carbocycles. The first-order valence-corrected chi connectivity index (χ1v) is 8.29. The predicted octanol–water partition coefficient (Wildman–Crippen LogP) is 3.95. The monoisotopic (exact) mass is 324 g/mol. The van der Waals surface area contributed by atoms with E-state index in [4.69, 9.17) is 4.74 Å². The number of carbonyl (C=O) groups excluding carboxylic acids is 1. The van der Waals surface area contributed by atoms with Gasteiger partial charge in [0.2, 0.25) is 5.91 Å². The van der Waals surface area contributed by atoms with Crippen LogP contribution in [0.4, 0.5) is 0 Å². The Kier molecular flexibility index (Phi) is 7.02. The summed E-state index contributed by atoms with van der Waals surface area (Å²) >= 11 is 0. The lowest BCUT2D eigenvalue weighted by atomic mass is 10.1. The lowest BCUT2D eigenvalue weighted by Crippen LogP contribution is -2.21. The second-order valence-corrected chi connectivity index (χ2v) is 5.62. The molecule has 0 fully saturated rings. The minimum absolute atomic E-state index is 0.125. The van der Waals surface area contributed by atoms with Crippen LogP contribution in [0.25, 0.3) is 0 Å². The van der Waals surface area contributed by atoms with Crippen molar-refractivity contribution >= 4 is 11.6 Å². The molecule has 126 valence electrons. The molecule has 4 heteroatoms. The molecule has 1 amide bonds. The molecule has 2 aromatic rings. The highest BCUT2D eigenvalue weighted by molar-refractivity contribution is 5.99. The smallest absolute Gasteiger partial charge is 0.244 e. The Morgan fingerprint density at radius 3 is 2.46 bits per heavy atom. The normalized spacial score (nSPS) is 11.2. The van der Waals surface area contributed by atoms with E-state index in [1.54, 1.807) is 0 Å². The zero-order valence-corrected chi connectivity index (χ0v) is 14.3. The van der Waals surface area contributed by atoms with E-state index in [2.05, 4.69) is 17.5 Å². The molecule has 0 aromatic heterocycles. The van der Waals surface area contributed by atoms with Crippen molar-refractivity contribution in [3.05, 3.63) is 65.7 Å². The van der Waals surface area contributed by atoms with Crippen molar-refractivity contribution in [3.63, 3.8) is 0 Å². The first-order chi connectivity index (χ1) is 11.7. The minimum Gasteiger partial charge on any atom is -0.494 e. The number of rotatable bonds is 8. The summed E-state index contributed by atoms with van der Waals surface area (Å²) in [7, 11) is 0. The van der Waals surface area contributed by atoms with Gasteiger partial charge in [-0.15, -0.1) is 0 Å². The van der Waals surface area contributed by atoms with Crippen molar-refractivity contribution in [3.8, 4) is 5.75 Å². The molecule has 0 atom stereocenters. The first kappa shape index (κ1) is 17.7. The zero-order chi connectivity index (χ0) is 17.2. The summed E-state index contributed by atoms with van der Waals surface area (Å²) in [4.78, 5) is 11.9. The largest absolute Gasteiger partial charge is 0.494 e. The number of hydrazone groups is 1. The third-order valence-corrected chi connectivity index (χ3v) is 3.59. The fourth-order valence-electron chi connectivity index (χ4n) is 2.16. The summed E-state index contributed by atoms with van der Waals surface area (Å²) in [5.41, 5.74) is 5.29. The summed E-state index contributed by atoms with van der Waals surface area (Å²) in [6.45, 7) is 4.74. The maximum absolute atomic E-state index is 11.9. The van der Waals surface area contributed by atoms with Gasteiger partial charge in [0.25, 0.3) is 0 Å². The number of carbonyl (C=O) groups is 1. The molecule has 0 aliphatic heterocycles. The van der Waals surface area contributed by atoms with E-state index in [-0.39, 0.29) is 5.91 Å². The van der Waals surface area contributed by atoms with Crippen LogP contribution in [0.5, 0.6) is 5.75 Å². The SMILES string of the molecule is CCCCOc1ccc(/C(C)=N/NC(=O)Cc2ccccc2)cc1. The fraction of sp³-hybridized carbons (Fsp3) is 0.300. The molecule has 0 radical (unpaired) electrons. The fourth-order valence-corrected chi connectivity index (χ4v) is 2.16. The number of unbranched alkanes of at least 4 members (excludes halogenated alkanes) is 1. The van der Waals surface area contributed by atoms with Crippen molar-refractivity contribution in [1.82, 2.24) is 5.43 Å². The second-order valence-electron chi connectivity index (χ2n) is 5.62. The van der Waals surface area contributed by atoms with E-state index in [1.165, 1.54) is 0 Å². The molecule has 0 bridgehead atoms. The minimum atomic E-state index is -0.125. The lowest BCUT2D eigenvalue weighted by Gasteiger charge is -2.07. The number of nitrogens with zero attached hydrogens (tertiary/aromatic N) is 1. The Morgan fingerprint density at radius 2 is 1.79 bits per heavy atom. The van der Waals surface area contributed by atoms with Gasteiger partial charge in [-0.3, -0.25) is 4.79 Å². The molecule has 0 unspecified atom stereocenters. The summed E-state index contributed by atoms with van der Waals surface area (Å²) in [6, 6.07) is 17.4. The van der Waals surface area contributed by atoms with Gasteiger partial charge in [0, 0.05) is 0 Å². The number of nitrogens with one attached hydrogen (secondary N) is 1. The molecular weight excluding hydrogens is 300 g/mol. The van der Waals surface area contributed by atoms with Gasteiger partial charge in [-0.2, -0.15) is 5.10 Å². The van der Waals surface area contributed by atoms with Gasteiger partial charge in [0.05, 0.1) is 18.7 Å². The molecule has 4 nitrogen and oxygen atoms in total. The van der Waals surface area contributed by atoms with Crippen LogP contribution in [0, 0.1) is 0 Å². The van der Waals surface area contributed by atoms with Crippen LogP contribution in [0.15, 0.2) is 59.7 Å². The van der Waals surface area contributed by atoms with Crippen LogP contribution in [-0.4, -0.2) is 18.2 Å². The molecule has 0 spiro atoms. The number of hydrogen-bond acceptors (Lipinski definition) is 3. The summed E-state index contributed by atoms with van der Waals surface area (Å²) in [5, 5.41) is 4.17. The van der Waals surface area contributed by atoms with Gasteiger partial charge in [-0.1, -0.05) is 43.7 Å². The van der Waals surface area contributed by atoms with Crippen molar-refractivity contribution in [2.45, 2.75) is 33.1 Å². The van der Waals surface area contributed by atoms with Gasteiger partial charge in [0.15, 0.2) is 0 Å². The van der Waals surface area contributed by atoms with Gasteiger partial charge >= 0.3 is 0 Å². The average molecular weight is 324 g/mol. The highest BCUT2D eigenvalue weighted by atomic mass is 16.5. The Balaban J connectivity index is 1.87. The lowest BCUT2D eigenvalue weighted by molar-refractivity contribution is -0.120. The van der Waals surface area contributed by atoms with Gasteiger partial charge in [-0.05, 0) is 48.7 Å². The highest BCUT2D eigenvalue weighted by Gasteiger charge is 2.03. The summed E-state index contributed by atoms with van der Waals surface area (Å²) in [6.07, 6.45) is 2.49. The van der Waals surface area contributed by atoms with Crippen LogP contribution in [-0.2, 0) is 11.2 Å². The molecule has 0 heterocycles. The van der Waals surface area contributed by atoms with E-state index in [9.17, 15) is 4.79 Å². The Hall–Kier alpha value is -2.62. The van der Waals surface area contributed by atoms with Crippen molar-refractivity contribution < 1.29 is 9.53 Å². The van der Waals surface area contributed by atoms with E-state index in [0.717, 1.165) is 42.0 Å². The number of benzene rings is 2. The van der Waals surface area contributed by atoms with E-state index in [1.807, 2.05) is 61.5 Å². The Bertz CT molecular complexity index is 664. The quantitative estimate of drug-likeness (QED) is 0.454. The van der Waals surface area contributed by atoms with Crippen molar-refractivity contribution in [2.75, 3.05) is 6.61 Å². The molecular formula is C20H24N2O2. The van der Waals surface area contributed by atoms with E-state index in [0.29, 0.717) is 6.42 Å². The zero-order valence-electron chi connectivity index (χ0n) is 14.3. The third kappa shape index (κ3) is 5.88. The first-order valence-electron chi connectivity index (χ1n) is 8.29. The van der Waals surface area contributed by atoms with Gasteiger partial charge < -0.3 is 4.74 Å². The average Bonchev–Trinajstić information content (AvgIpc) is 2.61. The van der Waals surface area contributed by atoms with Gasteiger partial charge in [0.1, 0.15) is 5.75 Å². The molecule has 0 saturated heterocycles. The van der Waals surface area contributed by atoms with Crippen LogP contribution in [0.2, 0.25) is 0 Å². The van der Waals surface area contributed by atoms with E-state index < -0.39 is 0 Å². The molecule has 0 aliphatic rings. The topological polar surface area (TPSA) is 50.7 Å². The van der Waals surface area contributed by atoms with Crippen LogP contribution < -0.4 is 10.2 Å². The Morgan fingerprint density at radius 1 is 1.08 bits per heavy atom. The molecule has 0 aliphatic carbocycles. The number of ether oxygens (including phenoxy) is 1. The maximum Gasteiger partial charge on any atom is 0.244 e. The summed E-state index contributed by atoms with van der Waals surface area (Å²) < 4.78 is 5.64. The molecule has 1 N–H and O–H groups in total. The van der Waals surface area contributed by atoms with E-state index >= 15 is 0 Å². The van der Waals surface area contributed by atoms with Crippen molar-refractivity contribution in [2.24, 2.45) is 5.10 Å².